The highest BCUT2D eigenvalue weighted by Gasteiger charge is 2.23. The number of hydrogen-bond donors (Lipinski definition) is 1. The van der Waals surface area contributed by atoms with Gasteiger partial charge in [-0.2, -0.15) is 0 Å². The molecule has 1 aliphatic carbocycles. The van der Waals surface area contributed by atoms with Gasteiger partial charge in [0.15, 0.2) is 5.13 Å². The second-order valence-corrected chi connectivity index (χ2v) is 8.80. The van der Waals surface area contributed by atoms with Crippen LogP contribution < -0.4 is 15.0 Å². The molecule has 1 saturated heterocycles. The third-order valence-corrected chi connectivity index (χ3v) is 6.63. The molecule has 1 aliphatic heterocycles. The lowest BCUT2D eigenvalue weighted by molar-refractivity contribution is -0.117. The molecular formula is C21H28N4O2S. The molecule has 1 atom stereocenters. The molecule has 1 fully saturated rings. The van der Waals surface area contributed by atoms with Crippen LogP contribution in [-0.4, -0.2) is 55.6 Å². The molecule has 150 valence electrons. The summed E-state index contributed by atoms with van der Waals surface area (Å²) < 4.78 is 5.47. The summed E-state index contributed by atoms with van der Waals surface area (Å²) in [5.74, 6) is 1.65. The number of ether oxygens (including phenoxy) is 1. The largest absolute Gasteiger partial charge is 0.495 e. The number of fused-ring (bicyclic) bond motifs is 1. The molecule has 1 N–H and O–H groups in total. The second kappa shape index (κ2) is 8.49. The lowest BCUT2D eigenvalue weighted by Gasteiger charge is -2.36. The van der Waals surface area contributed by atoms with E-state index < -0.39 is 0 Å². The van der Waals surface area contributed by atoms with E-state index in [1.165, 1.54) is 17.0 Å². The van der Waals surface area contributed by atoms with Crippen LogP contribution in [0.25, 0.3) is 0 Å². The van der Waals surface area contributed by atoms with Gasteiger partial charge < -0.3 is 15.0 Å². The number of benzene rings is 1. The molecule has 0 bridgehead atoms. The summed E-state index contributed by atoms with van der Waals surface area (Å²) >= 11 is 1.65. The lowest BCUT2D eigenvalue weighted by Crippen LogP contribution is -2.48. The number of nitrogens with one attached hydrogen (secondary N) is 1. The molecule has 28 heavy (non-hydrogen) atoms. The smallest absolute Gasteiger partial charge is 0.240 e. The van der Waals surface area contributed by atoms with Gasteiger partial charge in [0.1, 0.15) is 5.75 Å². The second-order valence-electron chi connectivity index (χ2n) is 7.72. The molecule has 1 aromatic heterocycles. The van der Waals surface area contributed by atoms with E-state index in [4.69, 9.17) is 4.74 Å². The number of methoxy groups -OCH3 is 1. The summed E-state index contributed by atoms with van der Waals surface area (Å²) in [6.07, 6.45) is 3.32. The molecule has 1 aromatic carbocycles. The van der Waals surface area contributed by atoms with Crippen LogP contribution in [0.3, 0.4) is 0 Å². The fraction of sp³-hybridized carbons (Fsp3) is 0.524. The molecule has 2 aliphatic rings. The average Bonchev–Trinajstić information content (AvgIpc) is 3.09. The molecular weight excluding hydrogens is 372 g/mol. The highest BCUT2D eigenvalue weighted by molar-refractivity contribution is 7.15. The first-order valence-electron chi connectivity index (χ1n) is 10.0. The van der Waals surface area contributed by atoms with Gasteiger partial charge in [0, 0.05) is 31.1 Å². The van der Waals surface area contributed by atoms with E-state index in [0.29, 0.717) is 6.54 Å². The first kappa shape index (κ1) is 19.2. The molecule has 6 nitrogen and oxygen atoms in total. The maximum Gasteiger partial charge on any atom is 0.240 e. The summed E-state index contributed by atoms with van der Waals surface area (Å²) in [5, 5.41) is 3.78. The highest BCUT2D eigenvalue weighted by atomic mass is 32.1. The van der Waals surface area contributed by atoms with Crippen LogP contribution in [0.5, 0.6) is 5.75 Å². The maximum atomic E-state index is 12.5. The topological polar surface area (TPSA) is 57.7 Å². The van der Waals surface area contributed by atoms with Crippen molar-refractivity contribution in [1.29, 1.82) is 0 Å². The molecule has 0 unspecified atom stereocenters. The standard InChI is InChI=1S/C21H28N4O2S/c1-15-7-8-16-19(13-15)28-21(22-16)23-20(26)14-24-9-11-25(12-10-24)17-5-3-4-6-18(17)27-2/h3-6,15H,7-14H2,1-2H3,(H,22,23,26)/t15-/m0/s1. The number of rotatable bonds is 5. The Balaban J connectivity index is 1.28. The van der Waals surface area contributed by atoms with Crippen molar-refractivity contribution < 1.29 is 9.53 Å². The van der Waals surface area contributed by atoms with E-state index in [1.54, 1.807) is 18.4 Å². The van der Waals surface area contributed by atoms with Gasteiger partial charge >= 0.3 is 0 Å². The molecule has 4 rings (SSSR count). The lowest BCUT2D eigenvalue weighted by atomic mass is 9.93. The third kappa shape index (κ3) is 4.31. The van der Waals surface area contributed by atoms with Crippen molar-refractivity contribution in [2.24, 2.45) is 5.92 Å². The van der Waals surface area contributed by atoms with Gasteiger partial charge in [-0.05, 0) is 37.3 Å². The van der Waals surface area contributed by atoms with E-state index in [2.05, 4.69) is 33.1 Å². The van der Waals surface area contributed by atoms with E-state index in [9.17, 15) is 4.79 Å². The van der Waals surface area contributed by atoms with Gasteiger partial charge in [-0.25, -0.2) is 4.98 Å². The van der Waals surface area contributed by atoms with Crippen molar-refractivity contribution >= 4 is 28.1 Å². The normalized spacial score (nSPS) is 19.9. The van der Waals surface area contributed by atoms with Crippen LogP contribution in [-0.2, 0) is 17.6 Å². The predicted octanol–water partition coefficient (Wildman–Crippen LogP) is 3.04. The molecule has 2 aromatic rings. The number of carbonyl (C=O) groups is 1. The molecule has 0 radical (unpaired) electrons. The van der Waals surface area contributed by atoms with Crippen molar-refractivity contribution in [3.05, 3.63) is 34.8 Å². The number of para-hydroxylation sites is 2. The minimum Gasteiger partial charge on any atom is -0.495 e. The van der Waals surface area contributed by atoms with Crippen molar-refractivity contribution in [1.82, 2.24) is 9.88 Å². The van der Waals surface area contributed by atoms with Gasteiger partial charge in [0.05, 0.1) is 25.0 Å². The summed E-state index contributed by atoms with van der Waals surface area (Å²) in [7, 11) is 1.70. The van der Waals surface area contributed by atoms with Gasteiger partial charge in [0.25, 0.3) is 0 Å². The fourth-order valence-electron chi connectivity index (χ4n) is 3.99. The number of nitrogens with zero attached hydrogens (tertiary/aromatic N) is 3. The maximum absolute atomic E-state index is 12.5. The first-order valence-corrected chi connectivity index (χ1v) is 10.8. The van der Waals surface area contributed by atoms with E-state index in [-0.39, 0.29) is 5.91 Å². The summed E-state index contributed by atoms with van der Waals surface area (Å²) in [4.78, 5) is 23.0. The minimum atomic E-state index is 0.0323. The number of amides is 1. The van der Waals surface area contributed by atoms with Gasteiger partial charge in [-0.15, -0.1) is 11.3 Å². The minimum absolute atomic E-state index is 0.0323. The molecule has 1 amide bonds. The SMILES string of the molecule is COc1ccccc1N1CCN(CC(=O)Nc2nc3c(s2)C[C@@H](C)CC3)CC1. The summed E-state index contributed by atoms with van der Waals surface area (Å²) in [6, 6.07) is 8.10. The average molecular weight is 401 g/mol. The monoisotopic (exact) mass is 400 g/mol. The van der Waals surface area contributed by atoms with Crippen LogP contribution in [0.4, 0.5) is 10.8 Å². The number of hydrogen-bond acceptors (Lipinski definition) is 6. The van der Waals surface area contributed by atoms with Gasteiger partial charge in [0.2, 0.25) is 5.91 Å². The van der Waals surface area contributed by atoms with Crippen LogP contribution in [0.2, 0.25) is 0 Å². The first-order chi connectivity index (χ1) is 13.6. The van der Waals surface area contributed by atoms with E-state index >= 15 is 0 Å². The van der Waals surface area contributed by atoms with Crippen LogP contribution in [0, 0.1) is 5.92 Å². The van der Waals surface area contributed by atoms with Crippen LogP contribution >= 0.6 is 11.3 Å². The summed E-state index contributed by atoms with van der Waals surface area (Å²) in [5.41, 5.74) is 2.31. The zero-order valence-electron chi connectivity index (χ0n) is 16.6. The van der Waals surface area contributed by atoms with Crippen molar-refractivity contribution in [3.8, 4) is 5.75 Å². The highest BCUT2D eigenvalue weighted by Crippen LogP contribution is 2.32. The predicted molar refractivity (Wildman–Crippen MR) is 114 cm³/mol. The van der Waals surface area contributed by atoms with Gasteiger partial charge in [-0.1, -0.05) is 19.1 Å². The fourth-order valence-corrected chi connectivity index (χ4v) is 5.18. The number of anilines is 2. The van der Waals surface area contributed by atoms with E-state index in [1.807, 2.05) is 18.2 Å². The van der Waals surface area contributed by atoms with Crippen molar-refractivity contribution in [2.45, 2.75) is 26.2 Å². The van der Waals surface area contributed by atoms with Crippen molar-refractivity contribution in [2.75, 3.05) is 50.1 Å². The van der Waals surface area contributed by atoms with Crippen LogP contribution in [0.1, 0.15) is 23.9 Å². The Morgan fingerprint density at radius 3 is 2.86 bits per heavy atom. The summed E-state index contributed by atoms with van der Waals surface area (Å²) in [6.45, 7) is 6.19. The number of carbonyl (C=O) groups excluding carboxylic acids is 1. The number of thiazole rings is 1. The Kier molecular flexibility index (Phi) is 5.82. The molecule has 0 spiro atoms. The molecule has 7 heteroatoms. The number of piperazine rings is 1. The zero-order chi connectivity index (χ0) is 19.5. The molecule has 0 saturated carbocycles. The Morgan fingerprint density at radius 1 is 1.29 bits per heavy atom. The van der Waals surface area contributed by atoms with Crippen molar-refractivity contribution in [3.63, 3.8) is 0 Å². The Hall–Kier alpha value is -2.12. The molecule has 2 heterocycles. The van der Waals surface area contributed by atoms with Gasteiger partial charge in [-0.3, -0.25) is 9.69 Å². The number of aryl methyl sites for hydroxylation is 1. The van der Waals surface area contributed by atoms with E-state index in [0.717, 1.165) is 61.5 Å². The zero-order valence-corrected chi connectivity index (χ0v) is 17.4. The quantitative estimate of drug-likeness (QED) is 0.836. The Bertz CT molecular complexity index is 830. The number of aromatic nitrogens is 1. The Labute approximate surface area is 170 Å². The Morgan fingerprint density at radius 2 is 2.07 bits per heavy atom. The van der Waals surface area contributed by atoms with Crippen LogP contribution in [0.15, 0.2) is 24.3 Å². The third-order valence-electron chi connectivity index (χ3n) is 5.60.